The van der Waals surface area contributed by atoms with Crippen LogP contribution in [0.15, 0.2) is 18.5 Å². The minimum Gasteiger partial charge on any atom is -0.394 e. The number of hydrogen-bond donors (Lipinski definition) is 4. The molecule has 1 aliphatic heterocycles. The second-order valence-electron chi connectivity index (χ2n) is 5.17. The van der Waals surface area contributed by atoms with Crippen LogP contribution in [0.25, 0.3) is 5.52 Å². The molecule has 9 heteroatoms. The molecule has 0 aliphatic carbocycles. The van der Waals surface area contributed by atoms with Crippen LogP contribution >= 0.6 is 11.8 Å². The Kier molecular flexibility index (Phi) is 3.50. The van der Waals surface area contributed by atoms with Gasteiger partial charge in [0.25, 0.3) is 0 Å². The highest BCUT2D eigenvalue weighted by Crippen LogP contribution is 2.41. The third-order valence-corrected chi connectivity index (χ3v) is 3.99. The fourth-order valence-corrected chi connectivity index (χ4v) is 2.80. The summed E-state index contributed by atoms with van der Waals surface area (Å²) in [5.74, 6) is 0.412. The molecule has 0 unspecified atom stereocenters. The molecule has 1 saturated heterocycles. The molecule has 21 heavy (non-hydrogen) atoms. The summed E-state index contributed by atoms with van der Waals surface area (Å²) < 4.78 is 7.10. The average molecular weight is 315 g/mol. The lowest BCUT2D eigenvalue weighted by molar-refractivity contribution is -0.0664. The molecular formula is C12H15ClN4O4. The summed E-state index contributed by atoms with van der Waals surface area (Å²) in [4.78, 5) is 6.41. The molecule has 8 nitrogen and oxygen atoms in total. The summed E-state index contributed by atoms with van der Waals surface area (Å²) in [6.45, 7) is 1.07. The van der Waals surface area contributed by atoms with Crippen LogP contribution in [0.2, 0.25) is 0 Å². The number of aliphatic hydroxyl groups excluding tert-OH is 2. The maximum atomic E-state index is 10.5. The van der Waals surface area contributed by atoms with E-state index in [1.54, 1.807) is 12.1 Å². The number of anilines is 1. The highest BCUT2D eigenvalue weighted by molar-refractivity contribution is 6.24. The van der Waals surface area contributed by atoms with Crippen LogP contribution in [-0.2, 0) is 4.74 Å². The third-order valence-electron chi connectivity index (χ3n) is 3.81. The number of hydrogen-bond acceptors (Lipinski definition) is 7. The zero-order valence-electron chi connectivity index (χ0n) is 11.1. The van der Waals surface area contributed by atoms with Gasteiger partial charge in [-0.05, 0) is 19.1 Å². The molecule has 114 valence electrons. The molecule has 0 saturated carbocycles. The van der Waals surface area contributed by atoms with E-state index in [2.05, 4.69) is 14.9 Å². The van der Waals surface area contributed by atoms with Gasteiger partial charge in [0.15, 0.2) is 5.82 Å². The lowest BCUT2D eigenvalue weighted by Crippen LogP contribution is -2.43. The Hall–Kier alpha value is -1.45. The molecule has 2 aromatic rings. The second-order valence-corrected chi connectivity index (χ2v) is 5.36. The van der Waals surface area contributed by atoms with Crippen molar-refractivity contribution in [2.75, 3.05) is 11.4 Å². The van der Waals surface area contributed by atoms with Crippen LogP contribution in [0.1, 0.15) is 18.7 Å². The predicted octanol–water partition coefficient (Wildman–Crippen LogP) is -0.161. The molecule has 1 aliphatic rings. The molecule has 0 amide bonds. The highest BCUT2D eigenvalue weighted by atomic mass is 35.5. The molecule has 3 heterocycles. The number of rotatable bonds is 3. The van der Waals surface area contributed by atoms with Gasteiger partial charge in [-0.3, -0.25) is 4.84 Å². The van der Waals surface area contributed by atoms with Crippen LogP contribution in [0.3, 0.4) is 0 Å². The number of aliphatic hydroxyl groups is 3. The van der Waals surface area contributed by atoms with E-state index < -0.39 is 23.9 Å². The SMILES string of the molecule is C[C@@]1(O)[C@H](O)[C@@H](CO)O[C@H]1c1ccc2c(NCl)ncnn12. The van der Waals surface area contributed by atoms with Crippen LogP contribution in [-0.4, -0.2) is 54.3 Å². The van der Waals surface area contributed by atoms with Crippen molar-refractivity contribution in [1.82, 2.24) is 14.6 Å². The monoisotopic (exact) mass is 314 g/mol. The van der Waals surface area contributed by atoms with Crippen molar-refractivity contribution in [1.29, 1.82) is 0 Å². The summed E-state index contributed by atoms with van der Waals surface area (Å²) in [7, 11) is 0. The van der Waals surface area contributed by atoms with Gasteiger partial charge in [-0.15, -0.1) is 0 Å². The summed E-state index contributed by atoms with van der Waals surface area (Å²) in [6, 6.07) is 3.42. The molecule has 0 radical (unpaired) electrons. The molecule has 3 rings (SSSR count). The summed E-state index contributed by atoms with van der Waals surface area (Å²) in [5.41, 5.74) is -0.425. The first-order valence-corrected chi connectivity index (χ1v) is 6.74. The van der Waals surface area contributed by atoms with Gasteiger partial charge >= 0.3 is 0 Å². The first kappa shape index (κ1) is 14.5. The quantitative estimate of drug-likeness (QED) is 0.582. The Morgan fingerprint density at radius 1 is 1.52 bits per heavy atom. The topological polar surface area (TPSA) is 112 Å². The first-order valence-electron chi connectivity index (χ1n) is 6.36. The van der Waals surface area contributed by atoms with Crippen molar-refractivity contribution >= 4 is 23.1 Å². The van der Waals surface area contributed by atoms with E-state index >= 15 is 0 Å². The van der Waals surface area contributed by atoms with Gasteiger partial charge < -0.3 is 20.1 Å². The Morgan fingerprint density at radius 3 is 2.90 bits per heavy atom. The molecular weight excluding hydrogens is 300 g/mol. The van der Waals surface area contributed by atoms with Crippen LogP contribution in [0, 0.1) is 0 Å². The molecule has 4 N–H and O–H groups in total. The van der Waals surface area contributed by atoms with E-state index in [0.717, 1.165) is 0 Å². The second kappa shape index (κ2) is 5.08. The Morgan fingerprint density at radius 2 is 2.29 bits per heavy atom. The fourth-order valence-electron chi connectivity index (χ4n) is 2.66. The zero-order chi connectivity index (χ0) is 15.2. The molecule has 2 aromatic heterocycles. The van der Waals surface area contributed by atoms with Crippen molar-refractivity contribution in [2.24, 2.45) is 0 Å². The van der Waals surface area contributed by atoms with Crippen molar-refractivity contribution in [3.8, 4) is 0 Å². The third kappa shape index (κ3) is 2.07. The molecule has 4 atom stereocenters. The van der Waals surface area contributed by atoms with E-state index in [9.17, 15) is 15.3 Å². The van der Waals surface area contributed by atoms with Crippen molar-refractivity contribution in [3.05, 3.63) is 24.2 Å². The maximum absolute atomic E-state index is 10.5. The summed E-state index contributed by atoms with van der Waals surface area (Å²) >= 11 is 5.59. The number of fused-ring (bicyclic) bond motifs is 1. The highest BCUT2D eigenvalue weighted by Gasteiger charge is 2.53. The number of halogens is 1. The van der Waals surface area contributed by atoms with Crippen molar-refractivity contribution in [2.45, 2.75) is 30.8 Å². The van der Waals surface area contributed by atoms with E-state index in [1.165, 1.54) is 17.8 Å². The van der Waals surface area contributed by atoms with Gasteiger partial charge in [0.2, 0.25) is 0 Å². The number of nitrogens with zero attached hydrogens (tertiary/aromatic N) is 3. The lowest BCUT2D eigenvalue weighted by Gasteiger charge is -2.26. The summed E-state index contributed by atoms with van der Waals surface area (Å²) in [5, 5.41) is 33.9. The van der Waals surface area contributed by atoms with E-state index in [-0.39, 0.29) is 6.61 Å². The number of aromatic nitrogens is 3. The zero-order valence-corrected chi connectivity index (χ0v) is 11.9. The van der Waals surface area contributed by atoms with E-state index in [1.807, 2.05) is 0 Å². The van der Waals surface area contributed by atoms with Crippen LogP contribution in [0.5, 0.6) is 0 Å². The fraction of sp³-hybridized carbons (Fsp3) is 0.500. The van der Waals surface area contributed by atoms with Crippen molar-refractivity contribution in [3.63, 3.8) is 0 Å². The van der Waals surface area contributed by atoms with Gasteiger partial charge in [-0.2, -0.15) is 5.10 Å². The maximum Gasteiger partial charge on any atom is 0.168 e. The average Bonchev–Trinajstić information content (AvgIpc) is 2.99. The standard InChI is InChI=1S/C12H15ClN4O4/c1-12(20)9(19)8(4-18)21-10(12)6-2-3-7-11(16-13)14-5-15-17(6)7/h2-3,5,8-10,18-20H,4H2,1H3,(H,14,15,16)/t8-,9-,10+,12-/m1/s1. The van der Waals surface area contributed by atoms with E-state index in [4.69, 9.17) is 16.5 Å². The van der Waals surface area contributed by atoms with Crippen LogP contribution in [0.4, 0.5) is 5.82 Å². The van der Waals surface area contributed by atoms with E-state index in [0.29, 0.717) is 17.0 Å². The normalized spacial score (nSPS) is 32.7. The first-order chi connectivity index (χ1) is 10.0. The Bertz CT molecular complexity index is 662. The van der Waals surface area contributed by atoms with Gasteiger partial charge in [0.1, 0.15) is 35.8 Å². The molecule has 0 aromatic carbocycles. The Labute approximate surface area is 125 Å². The molecule has 0 bridgehead atoms. The van der Waals surface area contributed by atoms with Gasteiger partial charge in [0.05, 0.1) is 12.3 Å². The predicted molar refractivity (Wildman–Crippen MR) is 73.8 cm³/mol. The number of ether oxygens (including phenoxy) is 1. The van der Waals surface area contributed by atoms with Gasteiger partial charge in [-0.25, -0.2) is 9.50 Å². The van der Waals surface area contributed by atoms with Crippen molar-refractivity contribution < 1.29 is 20.1 Å². The molecule has 0 spiro atoms. The smallest absolute Gasteiger partial charge is 0.168 e. The van der Waals surface area contributed by atoms with Gasteiger partial charge in [0, 0.05) is 11.8 Å². The minimum atomic E-state index is -1.55. The number of nitrogens with one attached hydrogen (secondary N) is 1. The largest absolute Gasteiger partial charge is 0.394 e. The summed E-state index contributed by atoms with van der Waals surface area (Å²) in [6.07, 6.45) is -1.59. The van der Waals surface area contributed by atoms with Gasteiger partial charge in [-0.1, -0.05) is 0 Å². The lowest BCUT2D eigenvalue weighted by atomic mass is 9.91. The van der Waals surface area contributed by atoms with Crippen LogP contribution < -0.4 is 4.84 Å². The Balaban J connectivity index is 2.09. The molecule has 1 fully saturated rings. The minimum absolute atomic E-state index is 0.388.